The van der Waals surface area contributed by atoms with Crippen LogP contribution < -0.4 is 9.47 Å². The lowest BCUT2D eigenvalue weighted by atomic mass is 10.3. The minimum Gasteiger partial charge on any atom is -0.493 e. The van der Waals surface area contributed by atoms with Gasteiger partial charge < -0.3 is 9.47 Å². The summed E-state index contributed by atoms with van der Waals surface area (Å²) in [6.07, 6.45) is 0.0443. The smallest absolute Gasteiger partial charge is 0.175 e. The van der Waals surface area contributed by atoms with E-state index >= 15 is 0 Å². The fourth-order valence-electron chi connectivity index (χ4n) is 1.04. The third-order valence-corrected chi connectivity index (χ3v) is 2.35. The molecule has 1 aromatic rings. The van der Waals surface area contributed by atoms with Crippen LogP contribution in [0.3, 0.4) is 0 Å². The maximum atomic E-state index is 13.0. The first-order chi connectivity index (χ1) is 6.54. The first-order valence-electron chi connectivity index (χ1n) is 4.24. The average Bonchev–Trinajstić information content (AvgIpc) is 2.08. The molecule has 0 bridgehead atoms. The van der Waals surface area contributed by atoms with Gasteiger partial charge in [-0.3, -0.25) is 0 Å². The standard InChI is InChI=1S/C10H12FIO2/c1-6(2)14-10-8(12)4-7(11)5-9(10)13-3/h4-6H,1-3H3. The second-order valence-electron chi connectivity index (χ2n) is 3.09. The fraction of sp³-hybridized carbons (Fsp3) is 0.400. The lowest BCUT2D eigenvalue weighted by molar-refractivity contribution is 0.227. The van der Waals surface area contributed by atoms with Crippen molar-refractivity contribution in [2.45, 2.75) is 20.0 Å². The van der Waals surface area contributed by atoms with Crippen LogP contribution >= 0.6 is 22.6 Å². The Labute approximate surface area is 96.5 Å². The van der Waals surface area contributed by atoms with Gasteiger partial charge in [-0.2, -0.15) is 0 Å². The van der Waals surface area contributed by atoms with Crippen LogP contribution in [0.5, 0.6) is 11.5 Å². The van der Waals surface area contributed by atoms with Gasteiger partial charge in [0.2, 0.25) is 0 Å². The van der Waals surface area contributed by atoms with E-state index in [1.807, 2.05) is 36.4 Å². The molecule has 0 N–H and O–H groups in total. The highest BCUT2D eigenvalue weighted by molar-refractivity contribution is 14.1. The van der Waals surface area contributed by atoms with E-state index in [-0.39, 0.29) is 11.9 Å². The second kappa shape index (κ2) is 4.82. The first-order valence-corrected chi connectivity index (χ1v) is 5.32. The van der Waals surface area contributed by atoms with E-state index in [0.717, 1.165) is 0 Å². The van der Waals surface area contributed by atoms with Crippen molar-refractivity contribution in [1.29, 1.82) is 0 Å². The average molecular weight is 310 g/mol. The number of hydrogen-bond acceptors (Lipinski definition) is 2. The van der Waals surface area contributed by atoms with Crippen molar-refractivity contribution in [3.63, 3.8) is 0 Å². The molecular weight excluding hydrogens is 298 g/mol. The Balaban J connectivity index is 3.11. The van der Waals surface area contributed by atoms with Crippen molar-refractivity contribution < 1.29 is 13.9 Å². The normalized spacial score (nSPS) is 10.4. The summed E-state index contributed by atoms with van der Waals surface area (Å²) in [7, 11) is 1.50. The number of hydrogen-bond donors (Lipinski definition) is 0. The van der Waals surface area contributed by atoms with Crippen LogP contribution in [0.25, 0.3) is 0 Å². The van der Waals surface area contributed by atoms with Crippen molar-refractivity contribution in [3.8, 4) is 11.5 Å². The summed E-state index contributed by atoms with van der Waals surface area (Å²) in [5, 5.41) is 0. The van der Waals surface area contributed by atoms with Gasteiger partial charge in [-0.15, -0.1) is 0 Å². The van der Waals surface area contributed by atoms with Crippen LogP contribution in [0.2, 0.25) is 0 Å². The third-order valence-electron chi connectivity index (χ3n) is 1.55. The number of benzene rings is 1. The predicted octanol–water partition coefficient (Wildman–Crippen LogP) is 3.23. The van der Waals surface area contributed by atoms with E-state index in [2.05, 4.69) is 0 Å². The maximum Gasteiger partial charge on any atom is 0.175 e. The van der Waals surface area contributed by atoms with E-state index in [4.69, 9.17) is 9.47 Å². The number of methoxy groups -OCH3 is 1. The Morgan fingerprint density at radius 2 is 2.00 bits per heavy atom. The molecule has 0 amide bonds. The first kappa shape index (κ1) is 11.6. The highest BCUT2D eigenvalue weighted by Crippen LogP contribution is 2.33. The number of ether oxygens (including phenoxy) is 2. The summed E-state index contributed by atoms with van der Waals surface area (Å²) in [5.74, 6) is 0.718. The SMILES string of the molecule is COc1cc(F)cc(I)c1OC(C)C. The molecule has 2 nitrogen and oxygen atoms in total. The molecular formula is C10H12FIO2. The molecule has 1 rings (SSSR count). The zero-order chi connectivity index (χ0) is 10.7. The van der Waals surface area contributed by atoms with Crippen LogP contribution in [0.15, 0.2) is 12.1 Å². The highest BCUT2D eigenvalue weighted by atomic mass is 127. The molecule has 0 radical (unpaired) electrons. The zero-order valence-corrected chi connectivity index (χ0v) is 10.5. The van der Waals surface area contributed by atoms with Crippen LogP contribution in [0.1, 0.15) is 13.8 Å². The molecule has 14 heavy (non-hydrogen) atoms. The highest BCUT2D eigenvalue weighted by Gasteiger charge is 2.12. The monoisotopic (exact) mass is 310 g/mol. The lowest BCUT2D eigenvalue weighted by Gasteiger charge is -2.14. The molecule has 0 atom stereocenters. The largest absolute Gasteiger partial charge is 0.493 e. The molecule has 0 saturated heterocycles. The molecule has 0 heterocycles. The van der Waals surface area contributed by atoms with E-state index in [0.29, 0.717) is 15.1 Å². The minimum absolute atomic E-state index is 0.0443. The van der Waals surface area contributed by atoms with Crippen molar-refractivity contribution in [3.05, 3.63) is 21.5 Å². The molecule has 0 aliphatic rings. The summed E-state index contributed by atoms with van der Waals surface area (Å²) in [6.45, 7) is 3.83. The van der Waals surface area contributed by atoms with Crippen molar-refractivity contribution >= 4 is 22.6 Å². The molecule has 0 aromatic heterocycles. The Hall–Kier alpha value is -0.520. The van der Waals surface area contributed by atoms with E-state index in [1.54, 1.807) is 0 Å². The van der Waals surface area contributed by atoms with Gasteiger partial charge in [0.1, 0.15) is 5.82 Å². The van der Waals surface area contributed by atoms with Gasteiger partial charge in [0, 0.05) is 6.07 Å². The molecule has 0 spiro atoms. The van der Waals surface area contributed by atoms with Gasteiger partial charge in [-0.05, 0) is 42.5 Å². The third kappa shape index (κ3) is 2.73. The molecule has 0 unspecified atom stereocenters. The fourth-order valence-corrected chi connectivity index (χ4v) is 1.73. The van der Waals surface area contributed by atoms with Crippen molar-refractivity contribution in [1.82, 2.24) is 0 Å². The Kier molecular flexibility index (Phi) is 3.97. The summed E-state index contributed by atoms with van der Waals surface area (Å²) >= 11 is 2.02. The lowest BCUT2D eigenvalue weighted by Crippen LogP contribution is -2.08. The molecule has 0 fully saturated rings. The Morgan fingerprint density at radius 1 is 1.36 bits per heavy atom. The molecule has 0 aliphatic carbocycles. The van der Waals surface area contributed by atoms with E-state index in [9.17, 15) is 4.39 Å². The Morgan fingerprint density at radius 3 is 2.50 bits per heavy atom. The van der Waals surface area contributed by atoms with Gasteiger partial charge in [0.15, 0.2) is 11.5 Å². The van der Waals surface area contributed by atoms with Crippen molar-refractivity contribution in [2.75, 3.05) is 7.11 Å². The zero-order valence-electron chi connectivity index (χ0n) is 8.30. The molecule has 0 aliphatic heterocycles. The summed E-state index contributed by atoms with van der Waals surface area (Å²) < 4.78 is 24.3. The van der Waals surface area contributed by atoms with Crippen LogP contribution in [-0.2, 0) is 0 Å². The van der Waals surface area contributed by atoms with E-state index < -0.39 is 0 Å². The quantitative estimate of drug-likeness (QED) is 0.798. The number of rotatable bonds is 3. The molecule has 78 valence electrons. The van der Waals surface area contributed by atoms with Crippen LogP contribution in [-0.4, -0.2) is 13.2 Å². The molecule has 1 aromatic carbocycles. The summed E-state index contributed by atoms with van der Waals surface area (Å²) in [5.41, 5.74) is 0. The predicted molar refractivity (Wildman–Crippen MR) is 61.4 cm³/mol. The molecule has 4 heteroatoms. The Bertz CT molecular complexity index is 326. The summed E-state index contributed by atoms with van der Waals surface area (Å²) in [4.78, 5) is 0. The molecule has 0 saturated carbocycles. The maximum absolute atomic E-state index is 13.0. The van der Waals surface area contributed by atoms with Gasteiger partial charge in [-0.25, -0.2) is 4.39 Å². The van der Waals surface area contributed by atoms with Gasteiger partial charge in [0.25, 0.3) is 0 Å². The van der Waals surface area contributed by atoms with E-state index in [1.165, 1.54) is 19.2 Å². The van der Waals surface area contributed by atoms with Crippen LogP contribution in [0, 0.1) is 9.39 Å². The van der Waals surface area contributed by atoms with Crippen molar-refractivity contribution in [2.24, 2.45) is 0 Å². The minimum atomic E-state index is -0.317. The summed E-state index contributed by atoms with van der Waals surface area (Å²) in [6, 6.07) is 2.74. The van der Waals surface area contributed by atoms with Gasteiger partial charge in [-0.1, -0.05) is 0 Å². The topological polar surface area (TPSA) is 18.5 Å². The number of halogens is 2. The second-order valence-corrected chi connectivity index (χ2v) is 4.25. The van der Waals surface area contributed by atoms with Gasteiger partial charge >= 0.3 is 0 Å². The van der Waals surface area contributed by atoms with Gasteiger partial charge in [0.05, 0.1) is 16.8 Å². The van der Waals surface area contributed by atoms with Crippen LogP contribution in [0.4, 0.5) is 4.39 Å².